The third-order valence-corrected chi connectivity index (χ3v) is 2.22. The Kier molecular flexibility index (Phi) is 5.25. The highest BCUT2D eigenvalue weighted by Crippen LogP contribution is 2.22. The molecule has 4 nitrogen and oxygen atoms in total. The molecule has 1 aromatic carbocycles. The summed E-state index contributed by atoms with van der Waals surface area (Å²) in [5, 5.41) is 0.472. The van der Waals surface area contributed by atoms with Gasteiger partial charge in [-0.2, -0.15) is 0 Å². The molecule has 0 bridgehead atoms. The van der Waals surface area contributed by atoms with E-state index in [0.29, 0.717) is 28.9 Å². The molecule has 1 N–H and O–H groups in total. The standard InChI is InChI=1S/C12H16ClNO3/c1-8(2)7-17-14-12(15)10-6-9(13)4-5-11(10)16-3/h4-6,8H,7H2,1-3H3,(H,14,15). The van der Waals surface area contributed by atoms with Gasteiger partial charge in [0.15, 0.2) is 0 Å². The second kappa shape index (κ2) is 6.47. The number of methoxy groups -OCH3 is 1. The van der Waals surface area contributed by atoms with Crippen LogP contribution in [-0.2, 0) is 4.84 Å². The summed E-state index contributed by atoms with van der Waals surface area (Å²) in [5.41, 5.74) is 2.71. The Balaban J connectivity index is 2.70. The van der Waals surface area contributed by atoms with E-state index in [4.69, 9.17) is 21.2 Å². The number of amides is 1. The van der Waals surface area contributed by atoms with Crippen LogP contribution in [-0.4, -0.2) is 19.6 Å². The number of hydrogen-bond acceptors (Lipinski definition) is 3. The molecular formula is C12H16ClNO3. The lowest BCUT2D eigenvalue weighted by Gasteiger charge is -2.10. The maximum Gasteiger partial charge on any atom is 0.278 e. The van der Waals surface area contributed by atoms with Crippen molar-refractivity contribution < 1.29 is 14.4 Å². The molecule has 0 saturated heterocycles. The average Bonchev–Trinajstić information content (AvgIpc) is 2.28. The van der Waals surface area contributed by atoms with Crippen molar-refractivity contribution in [3.63, 3.8) is 0 Å². The summed E-state index contributed by atoms with van der Waals surface area (Å²) in [7, 11) is 1.50. The lowest BCUT2D eigenvalue weighted by Crippen LogP contribution is -2.26. The van der Waals surface area contributed by atoms with Crippen molar-refractivity contribution in [2.24, 2.45) is 5.92 Å². The lowest BCUT2D eigenvalue weighted by atomic mass is 10.2. The van der Waals surface area contributed by atoms with E-state index in [9.17, 15) is 4.79 Å². The van der Waals surface area contributed by atoms with Gasteiger partial charge in [-0.15, -0.1) is 0 Å². The van der Waals surface area contributed by atoms with Crippen LogP contribution >= 0.6 is 11.6 Å². The highest BCUT2D eigenvalue weighted by Gasteiger charge is 2.13. The monoisotopic (exact) mass is 257 g/mol. The first kappa shape index (κ1) is 13.8. The van der Waals surface area contributed by atoms with Crippen LogP contribution in [0.3, 0.4) is 0 Å². The Labute approximate surface area is 106 Å². The molecule has 1 aromatic rings. The molecule has 0 aliphatic carbocycles. The summed E-state index contributed by atoms with van der Waals surface area (Å²) in [6.07, 6.45) is 0. The molecule has 17 heavy (non-hydrogen) atoms. The van der Waals surface area contributed by atoms with Gasteiger partial charge in [-0.1, -0.05) is 25.4 Å². The van der Waals surface area contributed by atoms with Crippen LogP contribution in [0.4, 0.5) is 0 Å². The fraction of sp³-hybridized carbons (Fsp3) is 0.417. The molecule has 0 fully saturated rings. The molecule has 0 aliphatic heterocycles. The van der Waals surface area contributed by atoms with E-state index in [1.165, 1.54) is 13.2 Å². The summed E-state index contributed by atoms with van der Waals surface area (Å²) in [4.78, 5) is 16.8. The van der Waals surface area contributed by atoms with Gasteiger partial charge in [0.1, 0.15) is 5.75 Å². The SMILES string of the molecule is COc1ccc(Cl)cc1C(=O)NOCC(C)C. The van der Waals surface area contributed by atoms with Crippen LogP contribution in [0.5, 0.6) is 5.75 Å². The van der Waals surface area contributed by atoms with Crippen molar-refractivity contribution in [2.75, 3.05) is 13.7 Å². The molecule has 0 heterocycles. The maximum absolute atomic E-state index is 11.8. The molecule has 1 amide bonds. The first-order chi connectivity index (χ1) is 8.04. The molecule has 0 aromatic heterocycles. The molecule has 0 atom stereocenters. The van der Waals surface area contributed by atoms with Gasteiger partial charge in [0.05, 0.1) is 19.3 Å². The van der Waals surface area contributed by atoms with E-state index in [-0.39, 0.29) is 5.91 Å². The van der Waals surface area contributed by atoms with Crippen molar-refractivity contribution in [2.45, 2.75) is 13.8 Å². The van der Waals surface area contributed by atoms with Gasteiger partial charge < -0.3 is 4.74 Å². The van der Waals surface area contributed by atoms with Crippen molar-refractivity contribution in [1.82, 2.24) is 5.48 Å². The Morgan fingerprint density at radius 2 is 2.18 bits per heavy atom. The molecular weight excluding hydrogens is 242 g/mol. The topological polar surface area (TPSA) is 47.6 Å². The smallest absolute Gasteiger partial charge is 0.278 e. The zero-order valence-corrected chi connectivity index (χ0v) is 10.9. The predicted octanol–water partition coefficient (Wildman–Crippen LogP) is 2.67. The van der Waals surface area contributed by atoms with Crippen LogP contribution < -0.4 is 10.2 Å². The summed E-state index contributed by atoms with van der Waals surface area (Å²) in [6.45, 7) is 4.44. The van der Waals surface area contributed by atoms with E-state index in [1.54, 1.807) is 12.1 Å². The Bertz CT molecular complexity index is 393. The predicted molar refractivity (Wildman–Crippen MR) is 66.3 cm³/mol. The molecule has 1 rings (SSSR count). The first-order valence-corrected chi connectivity index (χ1v) is 5.68. The number of hydroxylamine groups is 1. The number of ether oxygens (including phenoxy) is 1. The number of nitrogens with one attached hydrogen (secondary N) is 1. The van der Waals surface area contributed by atoms with Crippen molar-refractivity contribution >= 4 is 17.5 Å². The third kappa shape index (κ3) is 4.24. The van der Waals surface area contributed by atoms with Crippen LogP contribution in [0.1, 0.15) is 24.2 Å². The highest BCUT2D eigenvalue weighted by atomic mass is 35.5. The van der Waals surface area contributed by atoms with Crippen molar-refractivity contribution in [3.8, 4) is 5.75 Å². The van der Waals surface area contributed by atoms with Gasteiger partial charge in [-0.05, 0) is 24.1 Å². The van der Waals surface area contributed by atoms with Crippen LogP contribution in [0.15, 0.2) is 18.2 Å². The lowest BCUT2D eigenvalue weighted by molar-refractivity contribution is 0.0207. The zero-order chi connectivity index (χ0) is 12.8. The number of carbonyl (C=O) groups is 1. The van der Waals surface area contributed by atoms with Gasteiger partial charge in [0, 0.05) is 5.02 Å². The van der Waals surface area contributed by atoms with E-state index >= 15 is 0 Å². The molecule has 0 saturated carbocycles. The Hall–Kier alpha value is -1.26. The minimum atomic E-state index is -0.370. The molecule has 5 heteroatoms. The second-order valence-electron chi connectivity index (χ2n) is 3.98. The minimum Gasteiger partial charge on any atom is -0.496 e. The zero-order valence-electron chi connectivity index (χ0n) is 10.1. The number of halogens is 1. The quantitative estimate of drug-likeness (QED) is 0.825. The number of benzene rings is 1. The van der Waals surface area contributed by atoms with E-state index < -0.39 is 0 Å². The summed E-state index contributed by atoms with van der Waals surface area (Å²) < 4.78 is 5.07. The average molecular weight is 258 g/mol. The van der Waals surface area contributed by atoms with Gasteiger partial charge in [0.2, 0.25) is 0 Å². The van der Waals surface area contributed by atoms with Gasteiger partial charge >= 0.3 is 0 Å². The summed E-state index contributed by atoms with van der Waals surface area (Å²) in [5.74, 6) is 0.432. The highest BCUT2D eigenvalue weighted by molar-refractivity contribution is 6.31. The van der Waals surface area contributed by atoms with Crippen LogP contribution in [0.2, 0.25) is 5.02 Å². The van der Waals surface area contributed by atoms with E-state index in [2.05, 4.69) is 5.48 Å². The van der Waals surface area contributed by atoms with E-state index in [0.717, 1.165) is 0 Å². The molecule has 0 spiro atoms. The number of hydrogen-bond donors (Lipinski definition) is 1. The third-order valence-electron chi connectivity index (χ3n) is 1.99. The maximum atomic E-state index is 11.8. The van der Waals surface area contributed by atoms with Crippen molar-refractivity contribution in [1.29, 1.82) is 0 Å². The second-order valence-corrected chi connectivity index (χ2v) is 4.42. The Morgan fingerprint density at radius 3 is 2.76 bits per heavy atom. The summed E-state index contributed by atoms with van der Waals surface area (Å²) in [6, 6.07) is 4.83. The first-order valence-electron chi connectivity index (χ1n) is 5.30. The summed E-state index contributed by atoms with van der Waals surface area (Å²) >= 11 is 5.83. The van der Waals surface area contributed by atoms with Crippen LogP contribution in [0, 0.1) is 5.92 Å². The normalized spacial score (nSPS) is 10.4. The fourth-order valence-electron chi connectivity index (χ4n) is 1.19. The van der Waals surface area contributed by atoms with Gasteiger partial charge in [0.25, 0.3) is 5.91 Å². The van der Waals surface area contributed by atoms with Gasteiger partial charge in [-0.3, -0.25) is 9.63 Å². The van der Waals surface area contributed by atoms with E-state index in [1.807, 2.05) is 13.8 Å². The molecule has 0 aliphatic rings. The molecule has 0 radical (unpaired) electrons. The van der Waals surface area contributed by atoms with Crippen LogP contribution in [0.25, 0.3) is 0 Å². The molecule has 94 valence electrons. The van der Waals surface area contributed by atoms with Gasteiger partial charge in [-0.25, -0.2) is 5.48 Å². The largest absolute Gasteiger partial charge is 0.496 e. The Morgan fingerprint density at radius 1 is 1.47 bits per heavy atom. The fourth-order valence-corrected chi connectivity index (χ4v) is 1.36. The van der Waals surface area contributed by atoms with Crippen molar-refractivity contribution in [3.05, 3.63) is 28.8 Å². The number of rotatable bonds is 5. The number of carbonyl (C=O) groups excluding carboxylic acids is 1. The minimum absolute atomic E-state index is 0.344. The molecule has 0 unspecified atom stereocenters.